The molecule has 1 nitrogen and oxygen atoms in total. The largest absolute Gasteiger partial charge is 0.507 e. The maximum atomic E-state index is 11.6. The third-order valence-corrected chi connectivity index (χ3v) is 8.84. The Morgan fingerprint density at radius 3 is 1.74 bits per heavy atom. The van der Waals surface area contributed by atoms with E-state index in [4.69, 9.17) is 0 Å². The monoisotopic (exact) mass is 426 g/mol. The van der Waals surface area contributed by atoms with Crippen molar-refractivity contribution < 1.29 is 5.11 Å². The molecule has 6 unspecified atom stereocenters. The molecule has 0 heterocycles. The summed E-state index contributed by atoms with van der Waals surface area (Å²) >= 11 is 0. The highest BCUT2D eigenvalue weighted by Gasteiger charge is 2.37. The topological polar surface area (TPSA) is 20.2 Å². The molecule has 0 saturated heterocycles. The maximum Gasteiger partial charge on any atom is 0.122 e. The minimum Gasteiger partial charge on any atom is -0.507 e. The smallest absolute Gasteiger partial charge is 0.122 e. The summed E-state index contributed by atoms with van der Waals surface area (Å²) < 4.78 is 0. The van der Waals surface area contributed by atoms with Crippen molar-refractivity contribution in [2.24, 2.45) is 35.5 Å². The van der Waals surface area contributed by atoms with E-state index in [1.54, 1.807) is 0 Å². The molecule has 1 aromatic carbocycles. The second-order valence-corrected chi connectivity index (χ2v) is 13.1. The fraction of sp³-hybridized carbons (Fsp3) is 0.800. The van der Waals surface area contributed by atoms with Gasteiger partial charge in [-0.05, 0) is 95.1 Å². The van der Waals surface area contributed by atoms with Gasteiger partial charge in [0.25, 0.3) is 0 Å². The van der Waals surface area contributed by atoms with Gasteiger partial charge in [0.2, 0.25) is 0 Å². The summed E-state index contributed by atoms with van der Waals surface area (Å²) in [5.41, 5.74) is 3.91. The number of phenolic OH excluding ortho intramolecular Hbond substituents is 1. The molecule has 2 aliphatic rings. The number of phenols is 1. The van der Waals surface area contributed by atoms with Crippen molar-refractivity contribution in [2.75, 3.05) is 0 Å². The van der Waals surface area contributed by atoms with Crippen LogP contribution in [0.2, 0.25) is 0 Å². The summed E-state index contributed by atoms with van der Waals surface area (Å²) in [6, 6.07) is 4.87. The van der Waals surface area contributed by atoms with Crippen LogP contribution >= 0.6 is 0 Å². The molecule has 0 bridgehead atoms. The highest BCUT2D eigenvalue weighted by Crippen LogP contribution is 2.51. The van der Waals surface area contributed by atoms with Gasteiger partial charge in [0, 0.05) is 0 Å². The zero-order chi connectivity index (χ0) is 23.1. The van der Waals surface area contributed by atoms with Gasteiger partial charge in [-0.1, -0.05) is 87.3 Å². The van der Waals surface area contributed by atoms with Crippen molar-refractivity contribution in [2.45, 2.75) is 118 Å². The van der Waals surface area contributed by atoms with Gasteiger partial charge in [-0.25, -0.2) is 0 Å². The molecule has 1 N–H and O–H groups in total. The molecule has 0 amide bonds. The third-order valence-electron chi connectivity index (χ3n) is 8.84. The lowest BCUT2D eigenvalue weighted by Crippen LogP contribution is -2.28. The summed E-state index contributed by atoms with van der Waals surface area (Å²) in [5, 5.41) is 11.6. The van der Waals surface area contributed by atoms with E-state index in [-0.39, 0.29) is 5.41 Å². The Morgan fingerprint density at radius 1 is 0.774 bits per heavy atom. The Kier molecular flexibility index (Phi) is 7.54. The fourth-order valence-corrected chi connectivity index (χ4v) is 6.89. The lowest BCUT2D eigenvalue weighted by atomic mass is 9.64. The highest BCUT2D eigenvalue weighted by atomic mass is 16.3. The number of benzene rings is 1. The molecule has 0 aliphatic heterocycles. The molecule has 3 rings (SSSR count). The molecule has 2 aliphatic carbocycles. The first-order valence-electron chi connectivity index (χ1n) is 13.3. The van der Waals surface area contributed by atoms with Crippen LogP contribution < -0.4 is 0 Å². The molecular weight excluding hydrogens is 376 g/mol. The van der Waals surface area contributed by atoms with E-state index in [0.717, 1.165) is 17.8 Å². The van der Waals surface area contributed by atoms with Crippen molar-refractivity contribution in [3.8, 4) is 5.75 Å². The zero-order valence-electron chi connectivity index (χ0n) is 22.0. The predicted molar refractivity (Wildman–Crippen MR) is 135 cm³/mol. The van der Waals surface area contributed by atoms with Crippen LogP contribution in [0.4, 0.5) is 0 Å². The lowest BCUT2D eigenvalue weighted by Gasteiger charge is -2.41. The van der Waals surface area contributed by atoms with Crippen molar-refractivity contribution >= 4 is 0 Å². The number of rotatable bonds is 4. The van der Waals surface area contributed by atoms with Gasteiger partial charge in [0.15, 0.2) is 0 Å². The van der Waals surface area contributed by atoms with E-state index in [1.165, 1.54) is 55.2 Å². The van der Waals surface area contributed by atoms with Gasteiger partial charge >= 0.3 is 0 Å². The highest BCUT2D eigenvalue weighted by molar-refractivity contribution is 5.50. The molecule has 0 spiro atoms. The molecule has 6 atom stereocenters. The van der Waals surface area contributed by atoms with Gasteiger partial charge in [0.1, 0.15) is 5.75 Å². The molecule has 31 heavy (non-hydrogen) atoms. The second kappa shape index (κ2) is 9.48. The van der Waals surface area contributed by atoms with Crippen LogP contribution in [-0.2, 0) is 5.41 Å². The summed E-state index contributed by atoms with van der Waals surface area (Å²) in [5.74, 6) is 6.08. The van der Waals surface area contributed by atoms with E-state index < -0.39 is 0 Å². The minimum atomic E-state index is -0.0456. The standard InChI is InChI=1S/C30H50O/c1-18(2)23-12-10-20(5)14-25(23)22-16-27(29(31)28(17-22)30(7,8)9)26-15-21(6)11-13-24(26)19(3)4/h16-21,23-26,31H,10-15H2,1-9H3. The normalized spacial score (nSPS) is 32.6. The van der Waals surface area contributed by atoms with Gasteiger partial charge in [0.05, 0.1) is 0 Å². The Balaban J connectivity index is 2.15. The molecular formula is C30H50O. The SMILES string of the molecule is CC1CCC(C(C)C)C(c2cc(C3CC(C)CCC3C(C)C)c(O)c(C(C)(C)C)c2)C1. The summed E-state index contributed by atoms with van der Waals surface area (Å²) in [6.07, 6.45) is 7.86. The number of hydrogen-bond donors (Lipinski definition) is 1. The average molecular weight is 427 g/mol. The van der Waals surface area contributed by atoms with Crippen molar-refractivity contribution in [3.63, 3.8) is 0 Å². The van der Waals surface area contributed by atoms with Crippen LogP contribution in [0.3, 0.4) is 0 Å². The van der Waals surface area contributed by atoms with E-state index in [0.29, 0.717) is 35.3 Å². The van der Waals surface area contributed by atoms with Crippen LogP contribution in [0.5, 0.6) is 5.75 Å². The van der Waals surface area contributed by atoms with Crippen molar-refractivity contribution in [1.29, 1.82) is 0 Å². The number of aromatic hydroxyl groups is 1. The lowest BCUT2D eigenvalue weighted by molar-refractivity contribution is 0.191. The minimum absolute atomic E-state index is 0.0456. The summed E-state index contributed by atoms with van der Waals surface area (Å²) in [7, 11) is 0. The maximum absolute atomic E-state index is 11.6. The zero-order valence-corrected chi connectivity index (χ0v) is 22.0. The Morgan fingerprint density at radius 2 is 1.26 bits per heavy atom. The first kappa shape index (κ1) is 24.7. The second-order valence-electron chi connectivity index (χ2n) is 13.1. The van der Waals surface area contributed by atoms with E-state index in [2.05, 4.69) is 74.4 Å². The first-order chi connectivity index (χ1) is 14.4. The molecule has 2 saturated carbocycles. The van der Waals surface area contributed by atoms with Crippen molar-refractivity contribution in [1.82, 2.24) is 0 Å². The van der Waals surface area contributed by atoms with Gasteiger partial charge in [-0.2, -0.15) is 0 Å². The molecule has 0 radical (unpaired) electrons. The average Bonchev–Trinajstić information content (AvgIpc) is 2.66. The molecule has 1 aromatic rings. The van der Waals surface area contributed by atoms with Crippen LogP contribution in [0.25, 0.3) is 0 Å². The predicted octanol–water partition coefficient (Wildman–Crippen LogP) is 9.04. The first-order valence-corrected chi connectivity index (χ1v) is 13.3. The van der Waals surface area contributed by atoms with E-state index >= 15 is 0 Å². The Labute approximate surface area is 193 Å². The molecule has 0 aromatic heterocycles. The van der Waals surface area contributed by atoms with Crippen LogP contribution in [0.15, 0.2) is 12.1 Å². The Bertz CT molecular complexity index is 738. The third kappa shape index (κ3) is 5.33. The van der Waals surface area contributed by atoms with Crippen LogP contribution in [0, 0.1) is 35.5 Å². The summed E-state index contributed by atoms with van der Waals surface area (Å²) in [6.45, 7) is 21.2. The van der Waals surface area contributed by atoms with Gasteiger partial charge < -0.3 is 5.11 Å². The molecule has 1 heteroatoms. The van der Waals surface area contributed by atoms with Crippen molar-refractivity contribution in [3.05, 3.63) is 28.8 Å². The van der Waals surface area contributed by atoms with Gasteiger partial charge in [-0.3, -0.25) is 0 Å². The molecule has 176 valence electrons. The number of hydrogen-bond acceptors (Lipinski definition) is 1. The van der Waals surface area contributed by atoms with E-state index in [1.807, 2.05) is 0 Å². The van der Waals surface area contributed by atoms with Crippen LogP contribution in [0.1, 0.15) is 129 Å². The van der Waals surface area contributed by atoms with Gasteiger partial charge in [-0.15, -0.1) is 0 Å². The summed E-state index contributed by atoms with van der Waals surface area (Å²) in [4.78, 5) is 0. The molecule has 2 fully saturated rings. The van der Waals surface area contributed by atoms with Crippen LogP contribution in [-0.4, -0.2) is 5.11 Å². The quantitative estimate of drug-likeness (QED) is 0.509. The van der Waals surface area contributed by atoms with E-state index in [9.17, 15) is 5.11 Å². The Hall–Kier alpha value is -0.980. The fourth-order valence-electron chi connectivity index (χ4n) is 6.89.